The van der Waals surface area contributed by atoms with Gasteiger partial charge in [0.2, 0.25) is 0 Å². The van der Waals surface area contributed by atoms with E-state index in [4.69, 9.17) is 4.74 Å². The highest BCUT2D eigenvalue weighted by Gasteiger charge is 2.02. The minimum absolute atomic E-state index is 0.269. The van der Waals surface area contributed by atoms with E-state index in [9.17, 15) is 9.59 Å². The van der Waals surface area contributed by atoms with Crippen LogP contribution in [0.3, 0.4) is 0 Å². The minimum atomic E-state index is -0.269. The maximum atomic E-state index is 11.2. The van der Waals surface area contributed by atoms with Gasteiger partial charge in [0.05, 0.1) is 6.61 Å². The Morgan fingerprint density at radius 3 is 2.53 bits per heavy atom. The van der Waals surface area contributed by atoms with E-state index in [1.54, 1.807) is 13.8 Å². The topological polar surface area (TPSA) is 43.4 Å². The molecule has 0 aliphatic heterocycles. The number of allylic oxidation sites excluding steroid dienone is 3. The van der Waals surface area contributed by atoms with E-state index in [0.717, 1.165) is 24.7 Å². The van der Waals surface area contributed by atoms with Crippen LogP contribution in [-0.4, -0.2) is 18.9 Å². The van der Waals surface area contributed by atoms with Gasteiger partial charge in [0.25, 0.3) is 0 Å². The van der Waals surface area contributed by atoms with Gasteiger partial charge < -0.3 is 4.74 Å². The molecule has 0 spiro atoms. The Bertz CT molecular complexity index is 275. The lowest BCUT2D eigenvalue weighted by Gasteiger charge is -2.01. The van der Waals surface area contributed by atoms with E-state index < -0.39 is 0 Å². The van der Waals surface area contributed by atoms with Crippen molar-refractivity contribution < 1.29 is 14.3 Å². The Kier molecular flexibility index (Phi) is 7.24. The number of ether oxygens (including phenoxy) is 1. The lowest BCUT2D eigenvalue weighted by atomic mass is 10.1. The molecule has 0 radical (unpaired) electrons. The van der Waals surface area contributed by atoms with Crippen LogP contribution in [0.1, 0.15) is 33.6 Å². The van der Waals surface area contributed by atoms with Gasteiger partial charge in [-0.3, -0.25) is 4.79 Å². The van der Waals surface area contributed by atoms with Crippen molar-refractivity contribution in [2.45, 2.75) is 33.6 Å². The molecule has 0 unspecified atom stereocenters. The summed E-state index contributed by atoms with van der Waals surface area (Å²) in [5.41, 5.74) is 1.63. The van der Waals surface area contributed by atoms with Crippen molar-refractivity contribution in [2.24, 2.45) is 0 Å². The first-order chi connectivity index (χ1) is 7.11. The number of hydrogen-bond acceptors (Lipinski definition) is 3. The monoisotopic (exact) mass is 210 g/mol. The zero-order valence-corrected chi connectivity index (χ0v) is 9.58. The van der Waals surface area contributed by atoms with E-state index in [2.05, 4.69) is 0 Å². The SMILES string of the molecule is CCOC(=O)/C(C)=C\CC/C(C)=C/C=O. The standard InChI is InChI=1S/C12H18O3/c1-4-15-12(14)11(3)7-5-6-10(2)8-9-13/h7-9H,4-6H2,1-3H3/b10-8+,11-7-. The molecule has 3 nitrogen and oxygen atoms in total. The van der Waals surface area contributed by atoms with Crippen molar-refractivity contribution in [1.29, 1.82) is 0 Å². The van der Waals surface area contributed by atoms with Gasteiger partial charge in [0, 0.05) is 5.57 Å². The fraction of sp³-hybridized carbons (Fsp3) is 0.500. The lowest BCUT2D eigenvalue weighted by Crippen LogP contribution is -2.04. The second-order valence-corrected chi connectivity index (χ2v) is 3.30. The third-order valence-corrected chi connectivity index (χ3v) is 1.94. The molecule has 0 saturated heterocycles. The molecule has 0 aromatic heterocycles. The minimum Gasteiger partial charge on any atom is -0.463 e. The van der Waals surface area contributed by atoms with Gasteiger partial charge in [-0.05, 0) is 39.7 Å². The van der Waals surface area contributed by atoms with Gasteiger partial charge in [-0.2, -0.15) is 0 Å². The summed E-state index contributed by atoms with van der Waals surface area (Å²) >= 11 is 0. The van der Waals surface area contributed by atoms with Gasteiger partial charge in [-0.15, -0.1) is 0 Å². The van der Waals surface area contributed by atoms with Crippen LogP contribution >= 0.6 is 0 Å². The van der Waals surface area contributed by atoms with Gasteiger partial charge in [-0.25, -0.2) is 4.79 Å². The maximum Gasteiger partial charge on any atom is 0.333 e. The molecule has 0 amide bonds. The highest BCUT2D eigenvalue weighted by molar-refractivity contribution is 5.87. The number of aldehydes is 1. The van der Waals surface area contributed by atoms with Crippen LogP contribution in [-0.2, 0) is 14.3 Å². The maximum absolute atomic E-state index is 11.2. The normalized spacial score (nSPS) is 12.5. The first-order valence-electron chi connectivity index (χ1n) is 5.06. The molecule has 0 heterocycles. The van der Waals surface area contributed by atoms with Crippen LogP contribution in [0, 0.1) is 0 Å². The smallest absolute Gasteiger partial charge is 0.333 e. The molecule has 84 valence electrons. The average Bonchev–Trinajstić information content (AvgIpc) is 2.18. The van der Waals surface area contributed by atoms with E-state index in [1.165, 1.54) is 6.08 Å². The molecule has 0 atom stereocenters. The van der Waals surface area contributed by atoms with Gasteiger partial charge >= 0.3 is 5.97 Å². The summed E-state index contributed by atoms with van der Waals surface area (Å²) in [6, 6.07) is 0. The lowest BCUT2D eigenvalue weighted by molar-refractivity contribution is -0.138. The third-order valence-electron chi connectivity index (χ3n) is 1.94. The zero-order valence-electron chi connectivity index (χ0n) is 9.58. The van der Waals surface area contributed by atoms with Crippen LogP contribution in [0.5, 0.6) is 0 Å². The molecule has 0 aromatic rings. The van der Waals surface area contributed by atoms with Gasteiger partial charge in [0.1, 0.15) is 6.29 Å². The second kappa shape index (κ2) is 7.97. The molecule has 0 aliphatic rings. The zero-order chi connectivity index (χ0) is 11.7. The summed E-state index contributed by atoms with van der Waals surface area (Å²) in [5.74, 6) is -0.269. The van der Waals surface area contributed by atoms with Crippen LogP contribution in [0.15, 0.2) is 23.3 Å². The first-order valence-corrected chi connectivity index (χ1v) is 5.06. The van der Waals surface area contributed by atoms with E-state index in [0.29, 0.717) is 12.2 Å². The van der Waals surface area contributed by atoms with Crippen molar-refractivity contribution in [3.63, 3.8) is 0 Å². The third kappa shape index (κ3) is 6.66. The predicted molar refractivity (Wildman–Crippen MR) is 59.4 cm³/mol. The molecule has 0 fully saturated rings. The highest BCUT2D eigenvalue weighted by atomic mass is 16.5. The van der Waals surface area contributed by atoms with Crippen LogP contribution < -0.4 is 0 Å². The van der Waals surface area contributed by atoms with E-state index >= 15 is 0 Å². The Balaban J connectivity index is 4.01. The predicted octanol–water partition coefficient (Wildman–Crippen LogP) is 2.42. The van der Waals surface area contributed by atoms with Crippen molar-refractivity contribution in [3.8, 4) is 0 Å². The summed E-state index contributed by atoms with van der Waals surface area (Å²) in [6.45, 7) is 5.80. The number of carbonyl (C=O) groups is 2. The summed E-state index contributed by atoms with van der Waals surface area (Å²) in [4.78, 5) is 21.3. The van der Waals surface area contributed by atoms with E-state index in [1.807, 2.05) is 13.0 Å². The van der Waals surface area contributed by atoms with Crippen LogP contribution in [0.4, 0.5) is 0 Å². The number of carbonyl (C=O) groups excluding carboxylic acids is 2. The summed E-state index contributed by atoms with van der Waals surface area (Å²) in [6.07, 6.45) is 5.68. The quantitative estimate of drug-likeness (QED) is 0.384. The number of hydrogen-bond donors (Lipinski definition) is 0. The van der Waals surface area contributed by atoms with Crippen molar-refractivity contribution in [3.05, 3.63) is 23.3 Å². The molecule has 0 bridgehead atoms. The highest BCUT2D eigenvalue weighted by Crippen LogP contribution is 2.06. The largest absolute Gasteiger partial charge is 0.463 e. The van der Waals surface area contributed by atoms with Gasteiger partial charge in [0.15, 0.2) is 0 Å². The Hall–Kier alpha value is -1.38. The molecule has 0 N–H and O–H groups in total. The second-order valence-electron chi connectivity index (χ2n) is 3.30. The fourth-order valence-corrected chi connectivity index (χ4v) is 1.04. The van der Waals surface area contributed by atoms with Crippen LogP contribution in [0.2, 0.25) is 0 Å². The Morgan fingerprint density at radius 2 is 2.00 bits per heavy atom. The van der Waals surface area contributed by atoms with Crippen LogP contribution in [0.25, 0.3) is 0 Å². The van der Waals surface area contributed by atoms with Crippen molar-refractivity contribution in [2.75, 3.05) is 6.61 Å². The summed E-state index contributed by atoms with van der Waals surface area (Å²) in [7, 11) is 0. The summed E-state index contributed by atoms with van der Waals surface area (Å²) < 4.78 is 4.83. The molecular formula is C12H18O3. The van der Waals surface area contributed by atoms with Crippen molar-refractivity contribution >= 4 is 12.3 Å². The molecule has 0 rings (SSSR count). The molecule has 15 heavy (non-hydrogen) atoms. The number of esters is 1. The molecule has 0 aromatic carbocycles. The molecule has 0 saturated carbocycles. The summed E-state index contributed by atoms with van der Waals surface area (Å²) in [5, 5.41) is 0. The Morgan fingerprint density at radius 1 is 1.33 bits per heavy atom. The molecular weight excluding hydrogens is 192 g/mol. The van der Waals surface area contributed by atoms with Gasteiger partial charge in [-0.1, -0.05) is 11.6 Å². The molecule has 3 heteroatoms. The number of rotatable bonds is 6. The Labute approximate surface area is 90.8 Å². The molecule has 0 aliphatic carbocycles. The first kappa shape index (κ1) is 13.6. The fourth-order valence-electron chi connectivity index (χ4n) is 1.04. The van der Waals surface area contributed by atoms with Crippen molar-refractivity contribution in [1.82, 2.24) is 0 Å². The van der Waals surface area contributed by atoms with E-state index in [-0.39, 0.29) is 5.97 Å². The average molecular weight is 210 g/mol.